The van der Waals surface area contributed by atoms with E-state index < -0.39 is 0 Å². The van der Waals surface area contributed by atoms with Gasteiger partial charge in [-0.15, -0.1) is 5.10 Å². The average molecular weight is 196 g/mol. The number of hydrogen-bond donors (Lipinski definition) is 1. The van der Waals surface area contributed by atoms with Gasteiger partial charge in [0.1, 0.15) is 0 Å². The van der Waals surface area contributed by atoms with Crippen LogP contribution in [0.15, 0.2) is 4.42 Å². The highest BCUT2D eigenvalue weighted by Gasteiger charge is 2.17. The lowest BCUT2D eigenvalue weighted by Gasteiger charge is -2.09. The normalized spacial score (nSPS) is 16.5. The van der Waals surface area contributed by atoms with Crippen molar-refractivity contribution < 1.29 is 4.42 Å². The van der Waals surface area contributed by atoms with Crippen LogP contribution in [0.4, 0.5) is 6.01 Å². The molecule has 1 aromatic rings. The van der Waals surface area contributed by atoms with Crippen molar-refractivity contribution in [1.82, 2.24) is 15.5 Å². The first-order chi connectivity index (χ1) is 6.90. The molecule has 0 saturated carbocycles. The second kappa shape index (κ2) is 4.41. The molecule has 14 heavy (non-hydrogen) atoms. The highest BCUT2D eigenvalue weighted by atomic mass is 16.4. The van der Waals surface area contributed by atoms with Gasteiger partial charge in [-0.1, -0.05) is 5.10 Å². The van der Waals surface area contributed by atoms with Crippen LogP contribution in [0.25, 0.3) is 0 Å². The molecule has 0 aromatic carbocycles. The van der Waals surface area contributed by atoms with E-state index in [0.717, 1.165) is 31.9 Å². The van der Waals surface area contributed by atoms with Gasteiger partial charge in [0.2, 0.25) is 5.89 Å². The van der Waals surface area contributed by atoms with Crippen LogP contribution in [-0.2, 0) is 6.42 Å². The Balaban J connectivity index is 1.94. The van der Waals surface area contributed by atoms with Crippen LogP contribution in [0.1, 0.15) is 18.7 Å². The lowest BCUT2D eigenvalue weighted by atomic mass is 10.4. The molecular weight excluding hydrogens is 180 g/mol. The fourth-order valence-electron chi connectivity index (χ4n) is 1.61. The van der Waals surface area contributed by atoms with E-state index in [4.69, 9.17) is 4.42 Å². The van der Waals surface area contributed by atoms with Gasteiger partial charge in [0.25, 0.3) is 0 Å². The first kappa shape index (κ1) is 9.45. The third kappa shape index (κ3) is 2.04. The Morgan fingerprint density at radius 1 is 1.36 bits per heavy atom. The predicted molar refractivity (Wildman–Crippen MR) is 53.4 cm³/mol. The Morgan fingerprint density at radius 3 is 2.86 bits per heavy atom. The number of hydrogen-bond acceptors (Lipinski definition) is 5. The van der Waals surface area contributed by atoms with Crippen molar-refractivity contribution in [3.05, 3.63) is 5.89 Å². The van der Waals surface area contributed by atoms with Crippen molar-refractivity contribution in [2.75, 3.05) is 31.6 Å². The molecule has 0 atom stereocenters. The van der Waals surface area contributed by atoms with Crippen LogP contribution in [-0.4, -0.2) is 36.9 Å². The van der Waals surface area contributed by atoms with E-state index >= 15 is 0 Å². The van der Waals surface area contributed by atoms with Crippen molar-refractivity contribution in [1.29, 1.82) is 0 Å². The largest absolute Gasteiger partial charge is 0.408 e. The summed E-state index contributed by atoms with van der Waals surface area (Å²) in [6.07, 6.45) is 3.26. The zero-order chi connectivity index (χ0) is 9.80. The molecule has 0 spiro atoms. The van der Waals surface area contributed by atoms with Crippen LogP contribution >= 0.6 is 0 Å². The van der Waals surface area contributed by atoms with Crippen LogP contribution in [0.3, 0.4) is 0 Å². The number of likely N-dealkylation sites (N-methyl/N-ethyl adjacent to an activating group) is 1. The summed E-state index contributed by atoms with van der Waals surface area (Å²) in [5, 5.41) is 11.1. The molecule has 0 aliphatic carbocycles. The van der Waals surface area contributed by atoms with Gasteiger partial charge in [0.15, 0.2) is 0 Å². The molecule has 5 nitrogen and oxygen atoms in total. The standard InChI is InChI=1S/C9H16N4O/c1-10-5-4-8-11-12-9(14-8)13-6-2-3-7-13/h10H,2-7H2,1H3. The lowest BCUT2D eigenvalue weighted by Crippen LogP contribution is -2.17. The Bertz CT molecular complexity index is 280. The zero-order valence-corrected chi connectivity index (χ0v) is 8.49. The quantitative estimate of drug-likeness (QED) is 0.757. The minimum Gasteiger partial charge on any atom is -0.408 e. The second-order valence-corrected chi connectivity index (χ2v) is 3.53. The maximum atomic E-state index is 5.53. The Kier molecular flexibility index (Phi) is 2.98. The van der Waals surface area contributed by atoms with E-state index in [2.05, 4.69) is 20.4 Å². The molecule has 5 heteroatoms. The van der Waals surface area contributed by atoms with Gasteiger partial charge in [-0.2, -0.15) is 0 Å². The molecule has 0 unspecified atom stereocenters. The number of nitrogens with one attached hydrogen (secondary N) is 1. The first-order valence-corrected chi connectivity index (χ1v) is 5.12. The summed E-state index contributed by atoms with van der Waals surface area (Å²) in [7, 11) is 1.91. The van der Waals surface area contributed by atoms with Gasteiger partial charge < -0.3 is 14.6 Å². The highest BCUT2D eigenvalue weighted by molar-refractivity contribution is 5.25. The molecule has 1 aliphatic heterocycles. The Hall–Kier alpha value is -1.10. The topological polar surface area (TPSA) is 54.2 Å². The molecule has 2 rings (SSSR count). The first-order valence-electron chi connectivity index (χ1n) is 5.12. The fraction of sp³-hybridized carbons (Fsp3) is 0.778. The van der Waals surface area contributed by atoms with Crippen molar-refractivity contribution in [3.8, 4) is 0 Å². The molecule has 0 amide bonds. The van der Waals surface area contributed by atoms with E-state index in [-0.39, 0.29) is 0 Å². The summed E-state index contributed by atoms with van der Waals surface area (Å²) in [5.74, 6) is 0.723. The molecule has 1 saturated heterocycles. The summed E-state index contributed by atoms with van der Waals surface area (Å²) in [6.45, 7) is 2.98. The van der Waals surface area contributed by atoms with Gasteiger partial charge in [0.05, 0.1) is 0 Å². The summed E-state index contributed by atoms with van der Waals surface area (Å²) in [5.41, 5.74) is 0. The molecule has 1 N–H and O–H groups in total. The van der Waals surface area contributed by atoms with Crippen LogP contribution in [0, 0.1) is 0 Å². The van der Waals surface area contributed by atoms with Gasteiger partial charge in [-0.25, -0.2) is 0 Å². The summed E-state index contributed by atoms with van der Waals surface area (Å²) >= 11 is 0. The van der Waals surface area contributed by atoms with Gasteiger partial charge >= 0.3 is 6.01 Å². The van der Waals surface area contributed by atoms with Crippen molar-refractivity contribution in [2.45, 2.75) is 19.3 Å². The molecule has 1 aliphatic rings. The van der Waals surface area contributed by atoms with Gasteiger partial charge in [-0.05, 0) is 19.9 Å². The smallest absolute Gasteiger partial charge is 0.318 e. The molecule has 78 valence electrons. The number of nitrogens with zero attached hydrogens (tertiary/aromatic N) is 3. The van der Waals surface area contributed by atoms with Gasteiger partial charge in [0, 0.05) is 26.1 Å². The molecule has 0 bridgehead atoms. The predicted octanol–water partition coefficient (Wildman–Crippen LogP) is 0.432. The molecule has 0 radical (unpaired) electrons. The number of rotatable bonds is 4. The maximum absolute atomic E-state index is 5.53. The van der Waals surface area contributed by atoms with E-state index in [0.29, 0.717) is 6.01 Å². The Labute approximate surface area is 83.5 Å². The van der Waals surface area contributed by atoms with Crippen LogP contribution in [0.2, 0.25) is 0 Å². The summed E-state index contributed by atoms with van der Waals surface area (Å²) < 4.78 is 5.53. The Morgan fingerprint density at radius 2 is 2.14 bits per heavy atom. The maximum Gasteiger partial charge on any atom is 0.318 e. The second-order valence-electron chi connectivity index (χ2n) is 3.53. The fourth-order valence-corrected chi connectivity index (χ4v) is 1.61. The van der Waals surface area contributed by atoms with E-state index in [9.17, 15) is 0 Å². The number of aromatic nitrogens is 2. The number of anilines is 1. The summed E-state index contributed by atoms with van der Waals surface area (Å²) in [4.78, 5) is 2.15. The summed E-state index contributed by atoms with van der Waals surface area (Å²) in [6, 6.07) is 0.689. The minimum atomic E-state index is 0.689. The van der Waals surface area contributed by atoms with E-state index in [1.165, 1.54) is 12.8 Å². The van der Waals surface area contributed by atoms with Crippen molar-refractivity contribution in [2.24, 2.45) is 0 Å². The SMILES string of the molecule is CNCCc1nnc(N2CCCC2)o1. The van der Waals surface area contributed by atoms with Crippen molar-refractivity contribution in [3.63, 3.8) is 0 Å². The zero-order valence-electron chi connectivity index (χ0n) is 8.49. The molecule has 2 heterocycles. The molecule has 1 fully saturated rings. The lowest BCUT2D eigenvalue weighted by molar-refractivity contribution is 0.485. The molecular formula is C9H16N4O. The van der Waals surface area contributed by atoms with E-state index in [1.54, 1.807) is 0 Å². The van der Waals surface area contributed by atoms with Crippen LogP contribution in [0.5, 0.6) is 0 Å². The van der Waals surface area contributed by atoms with Gasteiger partial charge in [-0.3, -0.25) is 0 Å². The molecule has 1 aromatic heterocycles. The third-order valence-electron chi connectivity index (χ3n) is 2.42. The third-order valence-corrected chi connectivity index (χ3v) is 2.42. The average Bonchev–Trinajstić information content (AvgIpc) is 2.85. The van der Waals surface area contributed by atoms with E-state index in [1.807, 2.05) is 7.05 Å². The highest BCUT2D eigenvalue weighted by Crippen LogP contribution is 2.17. The minimum absolute atomic E-state index is 0.689. The monoisotopic (exact) mass is 196 g/mol. The van der Waals surface area contributed by atoms with Crippen molar-refractivity contribution >= 4 is 6.01 Å². The van der Waals surface area contributed by atoms with Crippen LogP contribution < -0.4 is 10.2 Å².